The van der Waals surface area contributed by atoms with Crippen LogP contribution in [0.1, 0.15) is 20.8 Å². The van der Waals surface area contributed by atoms with Gasteiger partial charge in [-0.2, -0.15) is 0 Å². The molecule has 0 radical (unpaired) electrons. The maximum absolute atomic E-state index is 5.89. The Morgan fingerprint density at radius 3 is 2.65 bits per heavy atom. The van der Waals surface area contributed by atoms with E-state index in [4.69, 9.17) is 5.73 Å². The Bertz CT molecular complexity index is 444. The second kappa shape index (κ2) is 3.06. The smallest absolute Gasteiger partial charge is 0.256 e. The zero-order valence-electron chi connectivity index (χ0n) is 9.92. The summed E-state index contributed by atoms with van der Waals surface area (Å²) < 4.78 is 0. The van der Waals surface area contributed by atoms with Gasteiger partial charge in [0.2, 0.25) is 0 Å². The minimum Gasteiger partial charge on any atom is -0.384 e. The zero-order valence-corrected chi connectivity index (χ0v) is 9.92. The number of anilines is 1. The van der Waals surface area contributed by atoms with Crippen molar-refractivity contribution in [2.45, 2.75) is 32.9 Å². The molecular formula is C8H15N9. The fourth-order valence-corrected chi connectivity index (χ4v) is 2.28. The lowest BCUT2D eigenvalue weighted by molar-refractivity contribution is -0.182. The van der Waals surface area contributed by atoms with E-state index in [2.05, 4.69) is 51.9 Å². The third-order valence-corrected chi connectivity index (χ3v) is 3.01. The Hall–Kier alpha value is -1.90. The van der Waals surface area contributed by atoms with Gasteiger partial charge < -0.3 is 5.73 Å². The zero-order chi connectivity index (χ0) is 12.2. The molecule has 2 atom stereocenters. The number of tetrazole rings is 1. The molecule has 2 unspecified atom stereocenters. The number of amidine groups is 1. The molecule has 1 aromatic rings. The highest BCUT2D eigenvalue weighted by Gasteiger charge is 2.59. The molecule has 1 saturated heterocycles. The van der Waals surface area contributed by atoms with Crippen LogP contribution in [0.15, 0.2) is 5.10 Å². The summed E-state index contributed by atoms with van der Waals surface area (Å²) in [5, 5.41) is 21.3. The summed E-state index contributed by atoms with van der Waals surface area (Å²) in [7, 11) is 0. The molecule has 3 aliphatic rings. The van der Waals surface area contributed by atoms with Gasteiger partial charge in [-0.15, -0.1) is 10.2 Å². The van der Waals surface area contributed by atoms with Gasteiger partial charge in [0.1, 0.15) is 11.9 Å². The summed E-state index contributed by atoms with van der Waals surface area (Å²) in [6.45, 7) is 6.50. The molecule has 0 aromatic carbocycles. The molecule has 9 nitrogen and oxygen atoms in total. The highest BCUT2D eigenvalue weighted by atomic mass is 16.0. The topological polar surface area (TPSA) is 111 Å². The quantitative estimate of drug-likeness (QED) is 0.613. The maximum Gasteiger partial charge on any atom is 0.256 e. The van der Waals surface area contributed by atoms with Crippen LogP contribution in [0.2, 0.25) is 0 Å². The lowest BCUT2D eigenvalue weighted by Crippen LogP contribution is -2.72. The first-order valence-corrected chi connectivity index (χ1v) is 5.41. The third-order valence-electron chi connectivity index (χ3n) is 3.01. The van der Waals surface area contributed by atoms with Crippen LogP contribution in [-0.4, -0.2) is 48.8 Å². The minimum absolute atomic E-state index is 0.0556. The standard InChI is InChI=1S/C8H15N9/c1-8(2,3)5-4-6(9)12-17(5)16(4)13-7-10-14-15-11-7/h4-5H,1-3H3,(H2,9,12)(H2,10,11,13,14,15). The fourth-order valence-electron chi connectivity index (χ4n) is 2.28. The van der Waals surface area contributed by atoms with Crippen molar-refractivity contribution in [1.29, 1.82) is 0 Å². The number of nitrogens with one attached hydrogen (secondary N) is 2. The average molecular weight is 237 g/mol. The molecule has 1 aromatic heterocycles. The van der Waals surface area contributed by atoms with Gasteiger partial charge in [-0.1, -0.05) is 25.9 Å². The second-order valence-corrected chi connectivity index (χ2v) is 5.31. The van der Waals surface area contributed by atoms with Gasteiger partial charge in [0, 0.05) is 0 Å². The van der Waals surface area contributed by atoms with Crippen molar-refractivity contribution in [2.75, 3.05) is 5.43 Å². The van der Waals surface area contributed by atoms with Gasteiger partial charge in [0.25, 0.3) is 5.95 Å². The molecule has 4 rings (SSSR count). The van der Waals surface area contributed by atoms with Crippen molar-refractivity contribution in [3.8, 4) is 0 Å². The van der Waals surface area contributed by atoms with E-state index >= 15 is 0 Å². The highest BCUT2D eigenvalue weighted by Crippen LogP contribution is 2.42. The van der Waals surface area contributed by atoms with Crippen LogP contribution >= 0.6 is 0 Å². The summed E-state index contributed by atoms with van der Waals surface area (Å²) in [5.74, 6) is 1.09. The van der Waals surface area contributed by atoms with Crippen LogP contribution < -0.4 is 11.2 Å². The van der Waals surface area contributed by atoms with E-state index in [0.717, 1.165) is 0 Å². The Morgan fingerprint density at radius 1 is 1.41 bits per heavy atom. The molecule has 92 valence electrons. The van der Waals surface area contributed by atoms with E-state index in [0.29, 0.717) is 11.8 Å². The van der Waals surface area contributed by atoms with Crippen LogP contribution in [0, 0.1) is 5.41 Å². The van der Waals surface area contributed by atoms with Gasteiger partial charge in [-0.05, 0) is 15.8 Å². The predicted molar refractivity (Wildman–Crippen MR) is 60.1 cm³/mol. The van der Waals surface area contributed by atoms with Crippen LogP contribution in [0.5, 0.6) is 0 Å². The van der Waals surface area contributed by atoms with Gasteiger partial charge in [0.05, 0.1) is 6.04 Å². The fraction of sp³-hybridized carbons (Fsp3) is 0.750. The largest absolute Gasteiger partial charge is 0.384 e. The Balaban J connectivity index is 1.76. The van der Waals surface area contributed by atoms with Gasteiger partial charge in [0.15, 0.2) is 0 Å². The number of hydrazone groups is 1. The maximum atomic E-state index is 5.89. The Kier molecular flexibility index (Phi) is 1.85. The normalized spacial score (nSPS) is 27.9. The van der Waals surface area contributed by atoms with E-state index < -0.39 is 0 Å². The Morgan fingerprint density at radius 2 is 2.18 bits per heavy atom. The molecule has 17 heavy (non-hydrogen) atoms. The molecule has 0 saturated carbocycles. The van der Waals surface area contributed by atoms with Crippen molar-refractivity contribution in [3.05, 3.63) is 0 Å². The molecule has 3 aliphatic heterocycles. The van der Waals surface area contributed by atoms with Crippen molar-refractivity contribution in [1.82, 2.24) is 30.9 Å². The second-order valence-electron chi connectivity index (χ2n) is 5.31. The van der Waals surface area contributed by atoms with Crippen LogP contribution in [0.25, 0.3) is 0 Å². The first kappa shape index (κ1) is 10.3. The van der Waals surface area contributed by atoms with Crippen molar-refractivity contribution < 1.29 is 0 Å². The molecule has 9 heteroatoms. The van der Waals surface area contributed by atoms with E-state index in [-0.39, 0.29) is 17.5 Å². The van der Waals surface area contributed by atoms with Crippen molar-refractivity contribution in [3.63, 3.8) is 0 Å². The summed E-state index contributed by atoms with van der Waals surface area (Å²) in [6, 6.07) is 0.325. The first-order valence-electron chi connectivity index (χ1n) is 5.41. The number of H-pyrrole nitrogens is 1. The summed E-state index contributed by atoms with van der Waals surface area (Å²) in [5.41, 5.74) is 9.02. The molecule has 0 amide bonds. The molecule has 1 fully saturated rings. The summed E-state index contributed by atoms with van der Waals surface area (Å²) >= 11 is 0. The number of rotatable bonds is 2. The van der Waals surface area contributed by atoms with Crippen LogP contribution in [0.3, 0.4) is 0 Å². The number of hydrogen-bond donors (Lipinski definition) is 3. The average Bonchev–Trinajstić information content (AvgIpc) is 2.84. The van der Waals surface area contributed by atoms with Crippen LogP contribution in [-0.2, 0) is 0 Å². The molecule has 4 heterocycles. The number of aromatic nitrogens is 4. The van der Waals surface area contributed by atoms with Crippen molar-refractivity contribution >= 4 is 11.8 Å². The first-order chi connectivity index (χ1) is 7.98. The van der Waals surface area contributed by atoms with Crippen molar-refractivity contribution in [2.24, 2.45) is 16.3 Å². The third kappa shape index (κ3) is 1.35. The number of nitrogens with zero attached hydrogens (tertiary/aromatic N) is 6. The number of nitrogens with two attached hydrogens (primary N) is 1. The summed E-state index contributed by atoms with van der Waals surface area (Å²) in [6.07, 6.45) is 0. The molecular weight excluding hydrogens is 222 g/mol. The van der Waals surface area contributed by atoms with E-state index in [9.17, 15) is 0 Å². The summed E-state index contributed by atoms with van der Waals surface area (Å²) in [4.78, 5) is 0. The van der Waals surface area contributed by atoms with E-state index in [1.54, 1.807) is 0 Å². The lowest BCUT2D eigenvalue weighted by Gasteiger charge is -2.53. The lowest BCUT2D eigenvalue weighted by atomic mass is 9.80. The van der Waals surface area contributed by atoms with E-state index in [1.165, 1.54) is 0 Å². The molecule has 0 spiro atoms. The van der Waals surface area contributed by atoms with Gasteiger partial charge in [-0.25, -0.2) is 10.2 Å². The monoisotopic (exact) mass is 237 g/mol. The SMILES string of the molecule is CC(C)(C)C1C2C(N)=NN1N2Nc1nnn[nH]1. The highest BCUT2D eigenvalue weighted by molar-refractivity contribution is 5.90. The van der Waals surface area contributed by atoms with E-state index in [1.807, 2.05) is 10.2 Å². The predicted octanol–water partition coefficient (Wildman–Crippen LogP) is -0.872. The molecule has 4 N–H and O–H groups in total. The number of hydrogen-bond acceptors (Lipinski definition) is 8. The van der Waals surface area contributed by atoms with Gasteiger partial charge in [-0.3, -0.25) is 5.43 Å². The van der Waals surface area contributed by atoms with Crippen LogP contribution in [0.4, 0.5) is 5.95 Å². The molecule has 2 bridgehead atoms. The minimum atomic E-state index is 0.0556. The number of aromatic amines is 1. The Labute approximate surface area is 98.0 Å². The number of hydrazine groups is 2. The molecule has 0 aliphatic carbocycles. The van der Waals surface area contributed by atoms with Gasteiger partial charge >= 0.3 is 0 Å².